The summed E-state index contributed by atoms with van der Waals surface area (Å²) in [5, 5.41) is 0. The first kappa shape index (κ1) is 15.9. The molecule has 0 unspecified atom stereocenters. The summed E-state index contributed by atoms with van der Waals surface area (Å²) in [6.07, 6.45) is 12.1. The van der Waals surface area contributed by atoms with E-state index in [0.29, 0.717) is 23.2 Å². The minimum atomic E-state index is 0.322. The average Bonchev–Trinajstić information content (AvgIpc) is 2.90. The normalized spacial score (nSPS) is 51.3. The van der Waals surface area contributed by atoms with Gasteiger partial charge < -0.3 is 4.74 Å². The number of ketones is 1. The summed E-state index contributed by atoms with van der Waals surface area (Å²) in [4.78, 5) is 12.0. The molecular weight excluding hydrogens is 284 g/mol. The van der Waals surface area contributed by atoms with Gasteiger partial charge in [0.05, 0.1) is 6.10 Å². The summed E-state index contributed by atoms with van der Waals surface area (Å²) in [6.45, 7) is 4.77. The third kappa shape index (κ3) is 2.27. The number of allylic oxidation sites excluding steroid dienone is 2. The van der Waals surface area contributed by atoms with Crippen LogP contribution in [-0.4, -0.2) is 19.0 Å². The zero-order valence-electron chi connectivity index (χ0n) is 15.0. The van der Waals surface area contributed by atoms with Crippen molar-refractivity contribution in [3.8, 4) is 0 Å². The Hall–Kier alpha value is -0.630. The van der Waals surface area contributed by atoms with Gasteiger partial charge in [0, 0.05) is 20.0 Å². The number of hydrogen-bond donors (Lipinski definition) is 0. The number of Topliss-reactive ketones (excluding diaryl/α,β-unsaturated/α-hetero) is 1. The lowest BCUT2D eigenvalue weighted by molar-refractivity contribution is -0.139. The Balaban J connectivity index is 1.64. The lowest BCUT2D eigenvalue weighted by Gasteiger charge is -2.56. The van der Waals surface area contributed by atoms with Crippen molar-refractivity contribution in [2.75, 3.05) is 7.11 Å². The lowest BCUT2D eigenvalue weighted by atomic mass is 9.49. The zero-order chi connectivity index (χ0) is 16.2. The van der Waals surface area contributed by atoms with Gasteiger partial charge in [0.1, 0.15) is 5.78 Å². The summed E-state index contributed by atoms with van der Waals surface area (Å²) >= 11 is 0. The van der Waals surface area contributed by atoms with Crippen molar-refractivity contribution >= 4 is 5.78 Å². The van der Waals surface area contributed by atoms with Gasteiger partial charge in [-0.2, -0.15) is 0 Å². The number of fused-ring (bicyclic) bond motifs is 5. The van der Waals surface area contributed by atoms with E-state index in [1.807, 2.05) is 7.11 Å². The quantitative estimate of drug-likeness (QED) is 0.651. The van der Waals surface area contributed by atoms with Crippen LogP contribution in [0.25, 0.3) is 0 Å². The average molecular weight is 316 g/mol. The fraction of sp³-hybridized carbons (Fsp3) is 0.857. The highest BCUT2D eigenvalue weighted by molar-refractivity contribution is 5.79. The topological polar surface area (TPSA) is 26.3 Å². The monoisotopic (exact) mass is 316 g/mol. The van der Waals surface area contributed by atoms with Crippen LogP contribution >= 0.6 is 0 Å². The third-order valence-electron chi connectivity index (χ3n) is 8.29. The molecule has 7 atom stereocenters. The van der Waals surface area contributed by atoms with E-state index < -0.39 is 0 Å². The largest absolute Gasteiger partial charge is 0.381 e. The lowest BCUT2D eigenvalue weighted by Crippen LogP contribution is -2.52. The fourth-order valence-corrected chi connectivity index (χ4v) is 7.22. The second kappa shape index (κ2) is 5.72. The summed E-state index contributed by atoms with van der Waals surface area (Å²) in [6, 6.07) is 0. The van der Waals surface area contributed by atoms with Crippen molar-refractivity contribution in [1.82, 2.24) is 0 Å². The predicted molar refractivity (Wildman–Crippen MR) is 92.1 cm³/mol. The molecule has 4 fully saturated rings. The molecule has 0 saturated heterocycles. The molecule has 0 spiro atoms. The summed E-state index contributed by atoms with van der Waals surface area (Å²) in [5.41, 5.74) is 2.17. The van der Waals surface area contributed by atoms with Crippen LogP contribution in [0.5, 0.6) is 0 Å². The van der Waals surface area contributed by atoms with Gasteiger partial charge in [-0.15, -0.1) is 0 Å². The van der Waals surface area contributed by atoms with Crippen molar-refractivity contribution in [2.24, 2.45) is 35.0 Å². The highest BCUT2D eigenvalue weighted by Crippen LogP contribution is 2.64. The smallest absolute Gasteiger partial charge is 0.133 e. The number of hydrogen-bond acceptors (Lipinski definition) is 2. The summed E-state index contributed by atoms with van der Waals surface area (Å²) < 4.78 is 5.93. The maximum absolute atomic E-state index is 12.0. The molecule has 0 N–H and O–H groups in total. The molecule has 4 saturated carbocycles. The first-order valence-corrected chi connectivity index (χ1v) is 9.78. The molecule has 0 amide bonds. The number of ether oxygens (including phenoxy) is 1. The van der Waals surface area contributed by atoms with E-state index in [4.69, 9.17) is 4.74 Å². The molecule has 0 radical (unpaired) electrons. The highest BCUT2D eigenvalue weighted by Gasteiger charge is 2.57. The summed E-state index contributed by atoms with van der Waals surface area (Å²) in [5.74, 6) is 4.26. The molecule has 0 heterocycles. The molecule has 4 aliphatic carbocycles. The van der Waals surface area contributed by atoms with Crippen LogP contribution in [0.3, 0.4) is 0 Å². The Morgan fingerprint density at radius 2 is 1.87 bits per heavy atom. The second-order valence-corrected chi connectivity index (χ2v) is 8.86. The first-order valence-electron chi connectivity index (χ1n) is 9.78. The molecule has 128 valence electrons. The first-order chi connectivity index (χ1) is 11.1. The predicted octanol–water partition coefficient (Wildman–Crippen LogP) is 4.78. The van der Waals surface area contributed by atoms with Crippen LogP contribution in [0.1, 0.15) is 65.2 Å². The van der Waals surface area contributed by atoms with Crippen molar-refractivity contribution in [3.05, 3.63) is 11.6 Å². The van der Waals surface area contributed by atoms with Crippen molar-refractivity contribution in [2.45, 2.75) is 71.3 Å². The van der Waals surface area contributed by atoms with E-state index in [2.05, 4.69) is 19.9 Å². The Kier molecular flexibility index (Phi) is 3.95. The molecule has 0 aromatic carbocycles. The van der Waals surface area contributed by atoms with Crippen LogP contribution in [0.4, 0.5) is 0 Å². The van der Waals surface area contributed by atoms with Gasteiger partial charge in [0.15, 0.2) is 0 Å². The van der Waals surface area contributed by atoms with Gasteiger partial charge in [-0.05, 0) is 80.5 Å². The van der Waals surface area contributed by atoms with E-state index in [-0.39, 0.29) is 0 Å². The second-order valence-electron chi connectivity index (χ2n) is 8.86. The van der Waals surface area contributed by atoms with Crippen LogP contribution < -0.4 is 0 Å². The van der Waals surface area contributed by atoms with Gasteiger partial charge in [-0.3, -0.25) is 4.79 Å². The molecule has 4 aliphatic rings. The SMILES string of the molecule is C/C=C1/CC[C@H]2[C@@H]3C[C@@H](OC)[C@H]4CC(=O)CC[C@@H]4[C@H]3CC[C@]12C. The standard InChI is InChI=1S/C21H32O2/c1-4-13-5-8-19-17-12-20(23-3)18-11-14(22)6-7-15(18)16(17)9-10-21(13,19)2/h4,15-20H,5-12H2,1-3H3/b13-4-/t15-,16-,17-,18+,19+,20-,21-/m1/s1. The Bertz CT molecular complexity index is 522. The van der Waals surface area contributed by atoms with E-state index in [1.54, 1.807) is 5.57 Å². The Morgan fingerprint density at radius 1 is 1.09 bits per heavy atom. The van der Waals surface area contributed by atoms with Crippen LogP contribution in [0, 0.1) is 35.0 Å². The number of carbonyl (C=O) groups excluding carboxylic acids is 1. The molecule has 23 heavy (non-hydrogen) atoms. The van der Waals surface area contributed by atoms with E-state index in [1.165, 1.54) is 32.1 Å². The van der Waals surface area contributed by atoms with Crippen molar-refractivity contribution in [1.29, 1.82) is 0 Å². The molecule has 0 aromatic heterocycles. The van der Waals surface area contributed by atoms with Gasteiger partial charge >= 0.3 is 0 Å². The van der Waals surface area contributed by atoms with Gasteiger partial charge in [0.25, 0.3) is 0 Å². The molecule has 4 rings (SSSR count). The maximum Gasteiger partial charge on any atom is 0.133 e. The molecule has 0 aromatic rings. The summed E-state index contributed by atoms with van der Waals surface area (Å²) in [7, 11) is 1.87. The highest BCUT2D eigenvalue weighted by atomic mass is 16.5. The minimum absolute atomic E-state index is 0.322. The van der Waals surface area contributed by atoms with Crippen molar-refractivity contribution < 1.29 is 9.53 Å². The van der Waals surface area contributed by atoms with Gasteiger partial charge in [-0.1, -0.05) is 18.6 Å². The fourth-order valence-electron chi connectivity index (χ4n) is 7.22. The Labute approximate surface area is 141 Å². The van der Waals surface area contributed by atoms with Gasteiger partial charge in [0.2, 0.25) is 0 Å². The van der Waals surface area contributed by atoms with Crippen LogP contribution in [0.2, 0.25) is 0 Å². The minimum Gasteiger partial charge on any atom is -0.381 e. The van der Waals surface area contributed by atoms with Crippen molar-refractivity contribution in [3.63, 3.8) is 0 Å². The molecule has 2 heteroatoms. The van der Waals surface area contributed by atoms with Gasteiger partial charge in [-0.25, -0.2) is 0 Å². The molecule has 0 bridgehead atoms. The maximum atomic E-state index is 12.0. The number of carbonyl (C=O) groups is 1. The molecular formula is C21H32O2. The number of methoxy groups -OCH3 is 1. The zero-order valence-corrected chi connectivity index (χ0v) is 15.0. The van der Waals surface area contributed by atoms with E-state index >= 15 is 0 Å². The molecule has 2 nitrogen and oxygen atoms in total. The van der Waals surface area contributed by atoms with E-state index in [9.17, 15) is 4.79 Å². The van der Waals surface area contributed by atoms with Crippen LogP contribution in [-0.2, 0) is 9.53 Å². The third-order valence-corrected chi connectivity index (χ3v) is 8.29. The van der Waals surface area contributed by atoms with E-state index in [0.717, 1.165) is 42.9 Å². The van der Waals surface area contributed by atoms with Crippen LogP contribution in [0.15, 0.2) is 11.6 Å². The Morgan fingerprint density at radius 3 is 2.61 bits per heavy atom. The number of rotatable bonds is 1. The molecule has 0 aliphatic heterocycles.